The number of para-hydroxylation sites is 1. The Balaban J connectivity index is 1.80. The van der Waals surface area contributed by atoms with E-state index in [2.05, 4.69) is 0 Å². The molecule has 3 rings (SSSR count). The molecule has 1 heterocycles. The summed E-state index contributed by atoms with van der Waals surface area (Å²) in [6.07, 6.45) is 3.81. The topological polar surface area (TPSA) is 98.9 Å². The van der Waals surface area contributed by atoms with Crippen LogP contribution in [0.5, 0.6) is 5.75 Å². The highest BCUT2D eigenvalue weighted by molar-refractivity contribution is 6.22. The number of piperidine rings is 1. The Morgan fingerprint density at radius 2 is 1.77 bits per heavy atom. The minimum Gasteiger partial charge on any atom is -0.496 e. The average molecular weight is 422 g/mol. The molecule has 7 heteroatoms. The standard InChI is InChI=1S/C24H26N2O5/c1-30-21-13-6-5-11-18(21)15-19(17-9-3-2-4-10-17)24(29)31-16-22(27)26-14-8-7-12-20(26)23(25)28/h2-6,9-11,13,15,20H,7-8,12,14,16H2,1H3,(H2,25,28)/b19-15+/t20-/m1/s1. The smallest absolute Gasteiger partial charge is 0.339 e. The molecule has 162 valence electrons. The summed E-state index contributed by atoms with van der Waals surface area (Å²) in [4.78, 5) is 38.7. The van der Waals surface area contributed by atoms with Crippen LogP contribution < -0.4 is 10.5 Å². The van der Waals surface area contributed by atoms with Crippen molar-refractivity contribution < 1.29 is 23.9 Å². The molecule has 0 aromatic heterocycles. The number of rotatable bonds is 7. The van der Waals surface area contributed by atoms with Crippen molar-refractivity contribution in [2.24, 2.45) is 5.73 Å². The van der Waals surface area contributed by atoms with E-state index in [1.807, 2.05) is 36.4 Å². The van der Waals surface area contributed by atoms with E-state index < -0.39 is 30.4 Å². The van der Waals surface area contributed by atoms with E-state index >= 15 is 0 Å². The van der Waals surface area contributed by atoms with Gasteiger partial charge in [0, 0.05) is 12.1 Å². The number of hydrogen-bond acceptors (Lipinski definition) is 5. The van der Waals surface area contributed by atoms with Crippen molar-refractivity contribution in [3.8, 4) is 5.75 Å². The van der Waals surface area contributed by atoms with Gasteiger partial charge in [0.05, 0.1) is 12.7 Å². The number of esters is 1. The minimum absolute atomic E-state index is 0.294. The van der Waals surface area contributed by atoms with Gasteiger partial charge in [-0.05, 0) is 37.0 Å². The van der Waals surface area contributed by atoms with Gasteiger partial charge in [-0.25, -0.2) is 4.79 Å². The SMILES string of the molecule is COc1ccccc1/C=C(/C(=O)OCC(=O)N1CCCC[C@@H]1C(N)=O)c1ccccc1. The second kappa shape index (κ2) is 10.4. The quantitative estimate of drug-likeness (QED) is 0.420. The van der Waals surface area contributed by atoms with Crippen LogP contribution in [0.3, 0.4) is 0 Å². The normalized spacial score (nSPS) is 16.5. The highest BCUT2D eigenvalue weighted by Crippen LogP contribution is 2.25. The number of nitrogens with two attached hydrogens (primary N) is 1. The van der Waals surface area contributed by atoms with E-state index in [1.54, 1.807) is 31.4 Å². The van der Waals surface area contributed by atoms with Crippen LogP contribution in [0.2, 0.25) is 0 Å². The number of primary amides is 1. The molecule has 2 aromatic carbocycles. The third kappa shape index (κ3) is 5.51. The van der Waals surface area contributed by atoms with E-state index in [4.69, 9.17) is 15.2 Å². The van der Waals surface area contributed by atoms with Crippen molar-refractivity contribution in [3.05, 3.63) is 65.7 Å². The zero-order valence-corrected chi connectivity index (χ0v) is 17.5. The first-order valence-electron chi connectivity index (χ1n) is 10.2. The zero-order valence-electron chi connectivity index (χ0n) is 17.5. The van der Waals surface area contributed by atoms with E-state index in [-0.39, 0.29) is 0 Å². The molecule has 2 amide bonds. The molecule has 0 spiro atoms. The number of carbonyl (C=O) groups excluding carboxylic acids is 3. The van der Waals surface area contributed by atoms with Crippen LogP contribution in [0, 0.1) is 0 Å². The third-order valence-corrected chi connectivity index (χ3v) is 5.22. The lowest BCUT2D eigenvalue weighted by molar-refractivity contribution is -0.151. The van der Waals surface area contributed by atoms with E-state index in [9.17, 15) is 14.4 Å². The summed E-state index contributed by atoms with van der Waals surface area (Å²) in [5, 5.41) is 0. The van der Waals surface area contributed by atoms with Gasteiger partial charge in [-0.2, -0.15) is 0 Å². The highest BCUT2D eigenvalue weighted by atomic mass is 16.5. The molecule has 31 heavy (non-hydrogen) atoms. The highest BCUT2D eigenvalue weighted by Gasteiger charge is 2.31. The Kier molecular flexibility index (Phi) is 7.43. The Labute approximate surface area is 181 Å². The summed E-state index contributed by atoms with van der Waals surface area (Å²) in [6.45, 7) is -0.0364. The van der Waals surface area contributed by atoms with Gasteiger partial charge >= 0.3 is 5.97 Å². The predicted molar refractivity (Wildman–Crippen MR) is 117 cm³/mol. The van der Waals surface area contributed by atoms with E-state index in [0.29, 0.717) is 35.4 Å². The molecular formula is C24H26N2O5. The number of carbonyl (C=O) groups is 3. The molecule has 1 fully saturated rings. The number of hydrogen-bond donors (Lipinski definition) is 1. The number of nitrogens with zero attached hydrogens (tertiary/aromatic N) is 1. The largest absolute Gasteiger partial charge is 0.496 e. The molecule has 0 bridgehead atoms. The van der Waals surface area contributed by atoms with Crippen LogP contribution in [-0.4, -0.2) is 49.0 Å². The lowest BCUT2D eigenvalue weighted by atomic mass is 10.0. The molecule has 0 radical (unpaired) electrons. The Morgan fingerprint density at radius 3 is 2.48 bits per heavy atom. The number of ether oxygens (including phenoxy) is 2. The first-order valence-corrected chi connectivity index (χ1v) is 10.2. The van der Waals surface area contributed by atoms with Crippen LogP contribution in [0.1, 0.15) is 30.4 Å². The Morgan fingerprint density at radius 1 is 1.06 bits per heavy atom. The molecule has 2 aromatic rings. The van der Waals surface area contributed by atoms with E-state index in [0.717, 1.165) is 12.8 Å². The zero-order chi connectivity index (χ0) is 22.2. The number of amides is 2. The third-order valence-electron chi connectivity index (χ3n) is 5.22. The lowest BCUT2D eigenvalue weighted by Gasteiger charge is -2.33. The van der Waals surface area contributed by atoms with Crippen molar-refractivity contribution in [1.29, 1.82) is 0 Å². The average Bonchev–Trinajstić information content (AvgIpc) is 2.81. The molecule has 1 aliphatic rings. The van der Waals surface area contributed by atoms with Crippen LogP contribution in [0.4, 0.5) is 0 Å². The van der Waals surface area contributed by atoms with Crippen LogP contribution in [0.25, 0.3) is 11.6 Å². The van der Waals surface area contributed by atoms with Gasteiger partial charge in [0.15, 0.2) is 6.61 Å². The molecule has 0 aliphatic carbocycles. The van der Waals surface area contributed by atoms with Crippen molar-refractivity contribution in [1.82, 2.24) is 4.90 Å². The number of benzene rings is 2. The van der Waals surface area contributed by atoms with Gasteiger partial charge in [-0.3, -0.25) is 9.59 Å². The van der Waals surface area contributed by atoms with Crippen molar-refractivity contribution >= 4 is 29.4 Å². The summed E-state index contributed by atoms with van der Waals surface area (Å²) < 4.78 is 10.7. The summed E-state index contributed by atoms with van der Waals surface area (Å²) in [5.74, 6) is -1.00. The fourth-order valence-electron chi connectivity index (χ4n) is 3.63. The number of methoxy groups -OCH3 is 1. The van der Waals surface area contributed by atoms with Crippen LogP contribution in [0.15, 0.2) is 54.6 Å². The van der Waals surface area contributed by atoms with Gasteiger partial charge in [0.2, 0.25) is 5.91 Å². The number of likely N-dealkylation sites (tertiary alicyclic amines) is 1. The first-order chi connectivity index (χ1) is 15.0. The fourth-order valence-corrected chi connectivity index (χ4v) is 3.63. The molecule has 1 atom stereocenters. The fraction of sp³-hybridized carbons (Fsp3) is 0.292. The Hall–Kier alpha value is -3.61. The van der Waals surface area contributed by atoms with Crippen LogP contribution >= 0.6 is 0 Å². The second-order valence-corrected chi connectivity index (χ2v) is 7.24. The summed E-state index contributed by atoms with van der Waals surface area (Å²) in [6, 6.07) is 15.7. The Bertz CT molecular complexity index is 971. The summed E-state index contributed by atoms with van der Waals surface area (Å²) >= 11 is 0. The minimum atomic E-state index is -0.655. The van der Waals surface area contributed by atoms with Crippen molar-refractivity contribution in [2.75, 3.05) is 20.3 Å². The molecule has 2 N–H and O–H groups in total. The molecular weight excluding hydrogens is 396 g/mol. The second-order valence-electron chi connectivity index (χ2n) is 7.24. The summed E-state index contributed by atoms with van der Waals surface area (Å²) in [5.41, 5.74) is 7.08. The molecule has 1 aliphatic heterocycles. The van der Waals surface area contributed by atoms with Crippen molar-refractivity contribution in [3.63, 3.8) is 0 Å². The molecule has 1 saturated heterocycles. The predicted octanol–water partition coefficient (Wildman–Crippen LogP) is 2.65. The van der Waals surface area contributed by atoms with Gasteiger partial charge in [0.1, 0.15) is 11.8 Å². The van der Waals surface area contributed by atoms with Gasteiger partial charge in [-0.1, -0.05) is 48.5 Å². The van der Waals surface area contributed by atoms with Gasteiger partial charge < -0.3 is 20.1 Å². The van der Waals surface area contributed by atoms with Gasteiger partial charge in [0.25, 0.3) is 5.91 Å². The van der Waals surface area contributed by atoms with E-state index in [1.165, 1.54) is 4.90 Å². The first kappa shape index (κ1) is 22.1. The maximum Gasteiger partial charge on any atom is 0.339 e. The monoisotopic (exact) mass is 422 g/mol. The molecule has 0 unspecified atom stereocenters. The van der Waals surface area contributed by atoms with Crippen molar-refractivity contribution in [2.45, 2.75) is 25.3 Å². The maximum atomic E-state index is 13.0. The summed E-state index contributed by atoms with van der Waals surface area (Å²) in [7, 11) is 1.56. The molecule has 7 nitrogen and oxygen atoms in total. The van der Waals surface area contributed by atoms with Gasteiger partial charge in [-0.15, -0.1) is 0 Å². The maximum absolute atomic E-state index is 13.0. The molecule has 0 saturated carbocycles. The lowest BCUT2D eigenvalue weighted by Crippen LogP contribution is -2.51. The van der Waals surface area contributed by atoms with Crippen LogP contribution in [-0.2, 0) is 19.1 Å².